The monoisotopic (exact) mass is 240 g/mol. The second-order valence-corrected chi connectivity index (χ2v) is 3.20. The van der Waals surface area contributed by atoms with Gasteiger partial charge in [-0.15, -0.1) is 0 Å². The number of rotatable bonds is 5. The van der Waals surface area contributed by atoms with Gasteiger partial charge in [0.25, 0.3) is 0 Å². The van der Waals surface area contributed by atoms with Crippen molar-refractivity contribution in [1.29, 1.82) is 0 Å². The smallest absolute Gasteiger partial charge is 0.321 e. The van der Waals surface area contributed by atoms with Crippen molar-refractivity contribution in [3.63, 3.8) is 0 Å². The SMILES string of the molecule is O=C(O)CCC(=O)NC(=O)NCc1ccco1. The lowest BCUT2D eigenvalue weighted by molar-refractivity contribution is -0.138. The Balaban J connectivity index is 2.20. The number of carbonyl (C=O) groups is 3. The number of carboxylic acids is 1. The van der Waals surface area contributed by atoms with Gasteiger partial charge in [-0.2, -0.15) is 0 Å². The highest BCUT2D eigenvalue weighted by Crippen LogP contribution is 1.98. The summed E-state index contributed by atoms with van der Waals surface area (Å²) < 4.78 is 4.96. The van der Waals surface area contributed by atoms with Gasteiger partial charge >= 0.3 is 12.0 Å². The third-order valence-corrected chi connectivity index (χ3v) is 1.82. The lowest BCUT2D eigenvalue weighted by atomic mass is 10.3. The van der Waals surface area contributed by atoms with Gasteiger partial charge in [0.2, 0.25) is 5.91 Å². The molecule has 0 spiro atoms. The molecule has 7 heteroatoms. The van der Waals surface area contributed by atoms with Gasteiger partial charge in [0.15, 0.2) is 0 Å². The molecule has 0 aromatic carbocycles. The molecule has 1 aromatic rings. The number of nitrogens with one attached hydrogen (secondary N) is 2. The maximum absolute atomic E-state index is 11.2. The number of imide groups is 1. The number of carboxylic acid groups (broad SMARTS) is 1. The predicted octanol–water partition coefficient (Wildman–Crippen LogP) is 0.470. The lowest BCUT2D eigenvalue weighted by Gasteiger charge is -2.04. The van der Waals surface area contributed by atoms with Crippen molar-refractivity contribution in [2.45, 2.75) is 19.4 Å². The number of hydrogen-bond acceptors (Lipinski definition) is 4. The molecule has 0 saturated heterocycles. The van der Waals surface area contributed by atoms with Gasteiger partial charge in [0.1, 0.15) is 5.76 Å². The zero-order valence-electron chi connectivity index (χ0n) is 8.93. The zero-order chi connectivity index (χ0) is 12.7. The van der Waals surface area contributed by atoms with Gasteiger partial charge in [-0.25, -0.2) is 4.79 Å². The van der Waals surface area contributed by atoms with Crippen LogP contribution in [0.25, 0.3) is 0 Å². The van der Waals surface area contributed by atoms with Crippen LogP contribution in [0.5, 0.6) is 0 Å². The molecule has 0 unspecified atom stereocenters. The van der Waals surface area contributed by atoms with E-state index in [0.29, 0.717) is 5.76 Å². The Morgan fingerprint density at radius 1 is 1.29 bits per heavy atom. The molecule has 0 radical (unpaired) electrons. The summed E-state index contributed by atoms with van der Waals surface area (Å²) in [5.41, 5.74) is 0. The fourth-order valence-corrected chi connectivity index (χ4v) is 1.03. The molecule has 1 heterocycles. The van der Waals surface area contributed by atoms with Crippen molar-refractivity contribution in [2.75, 3.05) is 0 Å². The first-order valence-electron chi connectivity index (χ1n) is 4.90. The highest BCUT2D eigenvalue weighted by atomic mass is 16.4. The van der Waals surface area contributed by atoms with E-state index in [1.54, 1.807) is 12.1 Å². The summed E-state index contributed by atoms with van der Waals surface area (Å²) in [5, 5.41) is 12.7. The van der Waals surface area contributed by atoms with E-state index in [-0.39, 0.29) is 19.4 Å². The van der Waals surface area contributed by atoms with Crippen LogP contribution in [0.4, 0.5) is 4.79 Å². The average Bonchev–Trinajstić information content (AvgIpc) is 2.76. The van der Waals surface area contributed by atoms with Gasteiger partial charge in [-0.3, -0.25) is 14.9 Å². The number of carbonyl (C=O) groups excluding carboxylic acids is 2. The van der Waals surface area contributed by atoms with E-state index >= 15 is 0 Å². The Morgan fingerprint density at radius 2 is 2.06 bits per heavy atom. The minimum absolute atomic E-state index is 0.158. The molecule has 0 atom stereocenters. The Bertz CT molecular complexity index is 399. The highest BCUT2D eigenvalue weighted by molar-refractivity contribution is 5.95. The van der Waals surface area contributed by atoms with Crippen molar-refractivity contribution >= 4 is 17.9 Å². The minimum atomic E-state index is -1.09. The summed E-state index contributed by atoms with van der Waals surface area (Å²) in [4.78, 5) is 32.4. The van der Waals surface area contributed by atoms with Gasteiger partial charge < -0.3 is 14.8 Å². The van der Waals surface area contributed by atoms with Crippen LogP contribution in [0.3, 0.4) is 0 Å². The molecule has 0 saturated carbocycles. The Labute approximate surface area is 96.8 Å². The molecule has 7 nitrogen and oxygen atoms in total. The third kappa shape index (κ3) is 5.36. The summed E-state index contributed by atoms with van der Waals surface area (Å²) in [6.45, 7) is 0.158. The van der Waals surface area contributed by atoms with Crippen LogP contribution in [0.1, 0.15) is 18.6 Å². The Morgan fingerprint density at radius 3 is 2.65 bits per heavy atom. The Kier molecular flexibility index (Phi) is 4.74. The Hall–Kier alpha value is -2.31. The second-order valence-electron chi connectivity index (χ2n) is 3.20. The van der Waals surface area contributed by atoms with Crippen molar-refractivity contribution in [3.8, 4) is 0 Å². The van der Waals surface area contributed by atoms with E-state index in [2.05, 4.69) is 5.32 Å². The van der Waals surface area contributed by atoms with Gasteiger partial charge in [-0.05, 0) is 12.1 Å². The molecule has 0 bridgehead atoms. The molecule has 1 rings (SSSR count). The fourth-order valence-electron chi connectivity index (χ4n) is 1.03. The van der Waals surface area contributed by atoms with E-state index in [9.17, 15) is 14.4 Å². The molecule has 3 N–H and O–H groups in total. The highest BCUT2D eigenvalue weighted by Gasteiger charge is 2.09. The molecule has 1 aromatic heterocycles. The first-order valence-corrected chi connectivity index (χ1v) is 4.90. The van der Waals surface area contributed by atoms with E-state index in [4.69, 9.17) is 9.52 Å². The van der Waals surface area contributed by atoms with Crippen LogP contribution in [-0.2, 0) is 16.1 Å². The third-order valence-electron chi connectivity index (χ3n) is 1.82. The van der Waals surface area contributed by atoms with Crippen molar-refractivity contribution < 1.29 is 23.9 Å². The minimum Gasteiger partial charge on any atom is -0.481 e. The summed E-state index contributed by atoms with van der Waals surface area (Å²) in [6.07, 6.45) is 0.924. The van der Waals surface area contributed by atoms with Crippen molar-refractivity contribution in [1.82, 2.24) is 10.6 Å². The molecular weight excluding hydrogens is 228 g/mol. The normalized spacial score (nSPS) is 9.65. The first kappa shape index (κ1) is 12.8. The fraction of sp³-hybridized carbons (Fsp3) is 0.300. The van der Waals surface area contributed by atoms with E-state index in [0.717, 1.165) is 0 Å². The number of hydrogen-bond donors (Lipinski definition) is 3. The van der Waals surface area contributed by atoms with Crippen LogP contribution < -0.4 is 10.6 Å². The number of aliphatic carboxylic acids is 1. The van der Waals surface area contributed by atoms with E-state index < -0.39 is 17.9 Å². The standard InChI is InChI=1S/C10H12N2O5/c13-8(3-4-9(14)15)12-10(16)11-6-7-2-1-5-17-7/h1-2,5H,3-4,6H2,(H,14,15)(H2,11,12,13,16). The van der Waals surface area contributed by atoms with Crippen molar-refractivity contribution in [3.05, 3.63) is 24.2 Å². The summed E-state index contributed by atoms with van der Waals surface area (Å²) >= 11 is 0. The number of amides is 3. The van der Waals surface area contributed by atoms with Crippen LogP contribution >= 0.6 is 0 Å². The molecule has 0 aliphatic heterocycles. The van der Waals surface area contributed by atoms with E-state index in [1.165, 1.54) is 6.26 Å². The predicted molar refractivity (Wildman–Crippen MR) is 56.0 cm³/mol. The number of furan rings is 1. The zero-order valence-corrected chi connectivity index (χ0v) is 8.93. The summed E-state index contributed by atoms with van der Waals surface area (Å²) in [6, 6.07) is 2.66. The molecule has 92 valence electrons. The van der Waals surface area contributed by atoms with Gasteiger partial charge in [0, 0.05) is 6.42 Å². The van der Waals surface area contributed by atoms with Crippen LogP contribution in [0.15, 0.2) is 22.8 Å². The molecule has 0 aliphatic carbocycles. The molecule has 0 fully saturated rings. The maximum atomic E-state index is 11.2. The summed E-state index contributed by atoms with van der Waals surface area (Å²) in [7, 11) is 0. The first-order chi connectivity index (χ1) is 8.08. The number of urea groups is 1. The van der Waals surface area contributed by atoms with Crippen LogP contribution in [0.2, 0.25) is 0 Å². The van der Waals surface area contributed by atoms with Crippen LogP contribution in [0, 0.1) is 0 Å². The molecular formula is C10H12N2O5. The summed E-state index contributed by atoms with van der Waals surface area (Å²) in [5.74, 6) is -1.17. The second kappa shape index (κ2) is 6.31. The lowest BCUT2D eigenvalue weighted by Crippen LogP contribution is -2.39. The van der Waals surface area contributed by atoms with Gasteiger partial charge in [-0.1, -0.05) is 0 Å². The molecule has 3 amide bonds. The van der Waals surface area contributed by atoms with Crippen molar-refractivity contribution in [2.24, 2.45) is 0 Å². The maximum Gasteiger partial charge on any atom is 0.321 e. The average molecular weight is 240 g/mol. The van der Waals surface area contributed by atoms with Gasteiger partial charge in [0.05, 0.1) is 19.2 Å². The topological polar surface area (TPSA) is 109 Å². The largest absolute Gasteiger partial charge is 0.481 e. The molecule has 0 aliphatic rings. The van der Waals surface area contributed by atoms with Crippen LogP contribution in [-0.4, -0.2) is 23.0 Å². The van der Waals surface area contributed by atoms with E-state index in [1.807, 2.05) is 5.32 Å². The quantitative estimate of drug-likeness (QED) is 0.693. The molecule has 17 heavy (non-hydrogen) atoms.